The van der Waals surface area contributed by atoms with Crippen LogP contribution in [0.15, 0.2) is 24.3 Å². The summed E-state index contributed by atoms with van der Waals surface area (Å²) in [6, 6.07) is 7.31. The lowest BCUT2D eigenvalue weighted by atomic mass is 10.2. The number of benzene rings is 1. The number of anilines is 3. The first-order chi connectivity index (χ1) is 12.8. The Morgan fingerprint density at radius 1 is 1.30 bits per heavy atom. The molecule has 1 aliphatic heterocycles. The molecule has 10 heteroatoms. The highest BCUT2D eigenvalue weighted by molar-refractivity contribution is 6.30. The van der Waals surface area contributed by atoms with Gasteiger partial charge in [-0.05, 0) is 31.5 Å². The number of rotatable bonds is 5. The molecule has 0 saturated carbocycles. The summed E-state index contributed by atoms with van der Waals surface area (Å²) >= 11 is 5.89. The summed E-state index contributed by atoms with van der Waals surface area (Å²) in [6.07, 6.45) is -0.148. The number of nitrogens with two attached hydrogens (primary N) is 1. The number of hydrogen-bond acceptors (Lipinski definition) is 8. The van der Waals surface area contributed by atoms with E-state index in [0.717, 1.165) is 5.56 Å². The van der Waals surface area contributed by atoms with E-state index >= 15 is 0 Å². The molecule has 27 heavy (non-hydrogen) atoms. The van der Waals surface area contributed by atoms with Crippen LogP contribution in [0.1, 0.15) is 19.4 Å². The molecule has 1 aromatic carbocycles. The van der Waals surface area contributed by atoms with Gasteiger partial charge in [-0.1, -0.05) is 23.7 Å². The van der Waals surface area contributed by atoms with Gasteiger partial charge in [-0.2, -0.15) is 9.97 Å². The molecular weight excluding hydrogens is 372 g/mol. The van der Waals surface area contributed by atoms with Crippen LogP contribution in [-0.2, 0) is 11.3 Å². The number of nitrogens with one attached hydrogen (secondary N) is 1. The normalized spacial score (nSPS) is 19.7. The minimum absolute atomic E-state index is 0.0741. The van der Waals surface area contributed by atoms with E-state index in [2.05, 4.69) is 15.3 Å². The monoisotopic (exact) mass is 392 g/mol. The van der Waals surface area contributed by atoms with Crippen LogP contribution < -0.4 is 16.0 Å². The lowest BCUT2D eigenvalue weighted by molar-refractivity contribution is -0.383. The van der Waals surface area contributed by atoms with Gasteiger partial charge in [0.25, 0.3) is 0 Å². The molecule has 2 atom stereocenters. The SMILES string of the molecule is CC1CN(c2nc(NCc3ccc(Cl)cc3)nc(N)c2[N+](=O)[O-])CC(C)O1. The second kappa shape index (κ2) is 7.93. The van der Waals surface area contributed by atoms with Crippen molar-refractivity contribution < 1.29 is 9.66 Å². The third kappa shape index (κ3) is 4.55. The molecule has 9 nitrogen and oxygen atoms in total. The topological polar surface area (TPSA) is 119 Å². The molecule has 3 rings (SSSR count). The second-order valence-corrected chi connectivity index (χ2v) is 6.94. The predicted molar refractivity (Wildman–Crippen MR) is 104 cm³/mol. The summed E-state index contributed by atoms with van der Waals surface area (Å²) in [6.45, 7) is 5.23. The summed E-state index contributed by atoms with van der Waals surface area (Å²) in [5, 5.41) is 15.2. The molecule has 3 N–H and O–H groups in total. The average molecular weight is 393 g/mol. The Labute approximate surface area is 161 Å². The first-order valence-electron chi connectivity index (χ1n) is 8.54. The Kier molecular flexibility index (Phi) is 5.62. The molecule has 2 heterocycles. The predicted octanol–water partition coefficient (Wildman–Crippen LogP) is 2.85. The number of aromatic nitrogens is 2. The second-order valence-electron chi connectivity index (χ2n) is 6.50. The molecule has 1 saturated heterocycles. The molecule has 0 spiro atoms. The van der Waals surface area contributed by atoms with Crippen LogP contribution in [-0.4, -0.2) is 40.2 Å². The fraction of sp³-hybridized carbons (Fsp3) is 0.412. The standard InChI is InChI=1S/C17H21ClN6O3/c1-10-8-23(9-11(2)27-10)16-14(24(25)26)15(19)21-17(22-16)20-7-12-3-5-13(18)6-4-12/h3-6,10-11H,7-9H2,1-2H3,(H3,19,20,21,22). The number of nitro groups is 1. The lowest BCUT2D eigenvalue weighted by Gasteiger charge is -2.35. The van der Waals surface area contributed by atoms with Gasteiger partial charge in [0.1, 0.15) is 0 Å². The van der Waals surface area contributed by atoms with Crippen molar-refractivity contribution in [3.05, 3.63) is 45.0 Å². The molecule has 144 valence electrons. The Balaban J connectivity index is 1.88. The number of morpholine rings is 1. The largest absolute Gasteiger partial charge is 0.378 e. The first-order valence-corrected chi connectivity index (χ1v) is 8.92. The van der Waals surface area contributed by atoms with Gasteiger partial charge in [-0.15, -0.1) is 0 Å². The van der Waals surface area contributed by atoms with E-state index in [1.807, 2.05) is 30.9 Å². The summed E-state index contributed by atoms with van der Waals surface area (Å²) < 4.78 is 5.70. The first kappa shape index (κ1) is 19.1. The van der Waals surface area contributed by atoms with Crippen LogP contribution in [0.5, 0.6) is 0 Å². The van der Waals surface area contributed by atoms with Crippen LogP contribution in [0.2, 0.25) is 5.02 Å². The van der Waals surface area contributed by atoms with Crippen molar-refractivity contribution in [2.75, 3.05) is 29.0 Å². The fourth-order valence-corrected chi connectivity index (χ4v) is 3.19. The third-order valence-electron chi connectivity index (χ3n) is 4.16. The maximum absolute atomic E-state index is 11.5. The highest BCUT2D eigenvalue weighted by Crippen LogP contribution is 2.33. The van der Waals surface area contributed by atoms with Crippen molar-refractivity contribution in [1.82, 2.24) is 9.97 Å². The third-order valence-corrected chi connectivity index (χ3v) is 4.41. The number of ether oxygens (including phenoxy) is 1. The van der Waals surface area contributed by atoms with E-state index in [1.165, 1.54) is 0 Å². The zero-order valence-corrected chi connectivity index (χ0v) is 15.8. The lowest BCUT2D eigenvalue weighted by Crippen LogP contribution is -2.46. The van der Waals surface area contributed by atoms with E-state index in [9.17, 15) is 10.1 Å². The fourth-order valence-electron chi connectivity index (χ4n) is 3.07. The van der Waals surface area contributed by atoms with Gasteiger partial charge in [-0.3, -0.25) is 10.1 Å². The maximum Gasteiger partial charge on any atom is 0.353 e. The molecule has 1 aromatic heterocycles. The van der Waals surface area contributed by atoms with Crippen molar-refractivity contribution >= 4 is 34.9 Å². The highest BCUT2D eigenvalue weighted by atomic mass is 35.5. The van der Waals surface area contributed by atoms with Crippen LogP contribution in [0.4, 0.5) is 23.3 Å². The summed E-state index contributed by atoms with van der Waals surface area (Å²) in [4.78, 5) is 21.2. The molecule has 1 fully saturated rings. The zero-order chi connectivity index (χ0) is 19.6. The molecule has 2 unspecified atom stereocenters. The van der Waals surface area contributed by atoms with Gasteiger partial charge < -0.3 is 20.7 Å². The Morgan fingerprint density at radius 3 is 2.52 bits per heavy atom. The van der Waals surface area contributed by atoms with Gasteiger partial charge in [-0.25, -0.2) is 0 Å². The molecule has 1 aliphatic rings. The molecule has 0 amide bonds. The van der Waals surface area contributed by atoms with E-state index in [-0.39, 0.29) is 35.5 Å². The van der Waals surface area contributed by atoms with Gasteiger partial charge in [0.15, 0.2) is 0 Å². The number of nitrogen functional groups attached to an aromatic ring is 1. The van der Waals surface area contributed by atoms with Gasteiger partial charge in [0, 0.05) is 24.7 Å². The van der Waals surface area contributed by atoms with Crippen LogP contribution >= 0.6 is 11.6 Å². The number of hydrogen-bond donors (Lipinski definition) is 2. The highest BCUT2D eigenvalue weighted by Gasteiger charge is 2.32. The van der Waals surface area contributed by atoms with Crippen molar-refractivity contribution in [1.29, 1.82) is 0 Å². The van der Waals surface area contributed by atoms with E-state index in [0.29, 0.717) is 24.7 Å². The van der Waals surface area contributed by atoms with E-state index in [1.54, 1.807) is 12.1 Å². The smallest absolute Gasteiger partial charge is 0.353 e. The molecule has 0 bridgehead atoms. The van der Waals surface area contributed by atoms with E-state index in [4.69, 9.17) is 22.1 Å². The van der Waals surface area contributed by atoms with Crippen LogP contribution in [0.25, 0.3) is 0 Å². The minimum atomic E-state index is -0.543. The van der Waals surface area contributed by atoms with Crippen molar-refractivity contribution in [2.45, 2.75) is 32.6 Å². The zero-order valence-electron chi connectivity index (χ0n) is 15.1. The van der Waals surface area contributed by atoms with Crippen molar-refractivity contribution in [2.24, 2.45) is 0 Å². The average Bonchev–Trinajstić information content (AvgIpc) is 2.59. The Bertz CT molecular complexity index is 822. The quantitative estimate of drug-likeness (QED) is 0.588. The minimum Gasteiger partial charge on any atom is -0.378 e. The summed E-state index contributed by atoms with van der Waals surface area (Å²) in [7, 11) is 0. The Morgan fingerprint density at radius 2 is 1.93 bits per heavy atom. The Hall–Kier alpha value is -2.65. The summed E-state index contributed by atoms with van der Waals surface area (Å²) in [5.41, 5.74) is 6.56. The molecule has 2 aromatic rings. The molecular formula is C17H21ClN6O3. The molecule has 0 aliphatic carbocycles. The van der Waals surface area contributed by atoms with Crippen molar-refractivity contribution in [3.63, 3.8) is 0 Å². The van der Waals surface area contributed by atoms with Gasteiger partial charge >= 0.3 is 5.69 Å². The number of halogens is 1. The molecule has 0 radical (unpaired) electrons. The number of nitrogens with zero attached hydrogens (tertiary/aromatic N) is 4. The van der Waals surface area contributed by atoms with Gasteiger partial charge in [0.05, 0.1) is 17.1 Å². The summed E-state index contributed by atoms with van der Waals surface area (Å²) in [5.74, 6) is 0.262. The van der Waals surface area contributed by atoms with E-state index < -0.39 is 4.92 Å². The van der Waals surface area contributed by atoms with Crippen molar-refractivity contribution in [3.8, 4) is 0 Å². The van der Waals surface area contributed by atoms with Gasteiger partial charge in [0.2, 0.25) is 17.6 Å². The van der Waals surface area contributed by atoms with Crippen LogP contribution in [0.3, 0.4) is 0 Å². The van der Waals surface area contributed by atoms with Crippen LogP contribution in [0, 0.1) is 10.1 Å². The maximum atomic E-state index is 11.5.